The van der Waals surface area contributed by atoms with Crippen LogP contribution in [-0.2, 0) is 0 Å². The molecule has 1 unspecified atom stereocenters. The fraction of sp³-hybridized carbons (Fsp3) is 0.615. The van der Waals surface area contributed by atoms with Gasteiger partial charge in [-0.3, -0.25) is 4.98 Å². The molecule has 0 bridgehead atoms. The van der Waals surface area contributed by atoms with Crippen molar-refractivity contribution in [1.82, 2.24) is 10.3 Å². The van der Waals surface area contributed by atoms with Crippen molar-refractivity contribution in [1.29, 1.82) is 0 Å². The SMILES string of the molecule is CCCNC(C1=CCCCC1)c1cncs1. The van der Waals surface area contributed by atoms with Gasteiger partial charge in [0.15, 0.2) is 0 Å². The summed E-state index contributed by atoms with van der Waals surface area (Å²) in [7, 11) is 0. The Morgan fingerprint density at radius 2 is 2.44 bits per heavy atom. The summed E-state index contributed by atoms with van der Waals surface area (Å²) in [6.45, 7) is 3.30. The number of nitrogens with zero attached hydrogens (tertiary/aromatic N) is 1. The minimum absolute atomic E-state index is 0.424. The first kappa shape index (κ1) is 11.8. The number of allylic oxidation sites excluding steroid dienone is 1. The quantitative estimate of drug-likeness (QED) is 0.789. The van der Waals surface area contributed by atoms with Crippen molar-refractivity contribution in [2.24, 2.45) is 0 Å². The van der Waals surface area contributed by atoms with Gasteiger partial charge in [-0.1, -0.05) is 18.6 Å². The van der Waals surface area contributed by atoms with Gasteiger partial charge in [-0.15, -0.1) is 11.3 Å². The van der Waals surface area contributed by atoms with Gasteiger partial charge in [-0.2, -0.15) is 0 Å². The van der Waals surface area contributed by atoms with Gasteiger partial charge in [-0.05, 0) is 38.6 Å². The predicted octanol–water partition coefficient (Wildman–Crippen LogP) is 3.68. The standard InChI is InChI=1S/C13H20N2S/c1-2-8-15-13(12-9-14-10-16-12)11-6-4-3-5-7-11/h6,9-10,13,15H,2-5,7-8H2,1H3. The lowest BCUT2D eigenvalue weighted by Crippen LogP contribution is -2.24. The molecule has 1 aliphatic rings. The van der Waals surface area contributed by atoms with E-state index in [-0.39, 0.29) is 0 Å². The Hall–Kier alpha value is -0.670. The van der Waals surface area contributed by atoms with Crippen LogP contribution in [0.25, 0.3) is 0 Å². The summed E-state index contributed by atoms with van der Waals surface area (Å²) in [5.41, 5.74) is 3.50. The molecule has 88 valence electrons. The lowest BCUT2D eigenvalue weighted by atomic mass is 9.93. The van der Waals surface area contributed by atoms with Gasteiger partial charge in [0, 0.05) is 11.1 Å². The fourth-order valence-electron chi connectivity index (χ4n) is 2.20. The zero-order valence-corrected chi connectivity index (χ0v) is 10.7. The molecule has 0 fully saturated rings. The van der Waals surface area contributed by atoms with E-state index in [2.05, 4.69) is 23.3 Å². The third kappa shape index (κ3) is 2.92. The van der Waals surface area contributed by atoms with Gasteiger partial charge in [0.1, 0.15) is 0 Å². The predicted molar refractivity (Wildman–Crippen MR) is 69.7 cm³/mol. The molecule has 1 aromatic rings. The molecule has 2 nitrogen and oxygen atoms in total. The lowest BCUT2D eigenvalue weighted by Gasteiger charge is -2.23. The highest BCUT2D eigenvalue weighted by Gasteiger charge is 2.18. The molecule has 0 saturated heterocycles. The summed E-state index contributed by atoms with van der Waals surface area (Å²) in [5, 5.41) is 3.64. The highest BCUT2D eigenvalue weighted by molar-refractivity contribution is 7.09. The average molecular weight is 236 g/mol. The van der Waals surface area contributed by atoms with Gasteiger partial charge in [0.2, 0.25) is 0 Å². The second kappa shape index (κ2) is 6.16. The van der Waals surface area contributed by atoms with Crippen LogP contribution in [0.2, 0.25) is 0 Å². The van der Waals surface area contributed by atoms with Crippen molar-refractivity contribution >= 4 is 11.3 Å². The first-order valence-electron chi connectivity index (χ1n) is 6.22. The van der Waals surface area contributed by atoms with E-state index in [1.807, 2.05) is 11.7 Å². The Kier molecular flexibility index (Phi) is 4.55. The van der Waals surface area contributed by atoms with Crippen molar-refractivity contribution < 1.29 is 0 Å². The molecule has 2 rings (SSSR count). The lowest BCUT2D eigenvalue weighted by molar-refractivity contribution is 0.552. The highest BCUT2D eigenvalue weighted by Crippen LogP contribution is 2.31. The maximum Gasteiger partial charge on any atom is 0.0794 e. The summed E-state index contributed by atoms with van der Waals surface area (Å²) >= 11 is 1.76. The van der Waals surface area contributed by atoms with Gasteiger partial charge in [0.25, 0.3) is 0 Å². The van der Waals surface area contributed by atoms with E-state index < -0.39 is 0 Å². The van der Waals surface area contributed by atoms with Crippen molar-refractivity contribution in [2.75, 3.05) is 6.54 Å². The van der Waals surface area contributed by atoms with E-state index in [0.717, 1.165) is 6.54 Å². The molecule has 0 saturated carbocycles. The number of hydrogen-bond donors (Lipinski definition) is 1. The van der Waals surface area contributed by atoms with E-state index in [1.165, 1.54) is 37.0 Å². The molecule has 0 amide bonds. The smallest absolute Gasteiger partial charge is 0.0794 e. The minimum Gasteiger partial charge on any atom is -0.306 e. The molecular weight excluding hydrogens is 216 g/mol. The normalized spacial score (nSPS) is 18.2. The van der Waals surface area contributed by atoms with Gasteiger partial charge in [-0.25, -0.2) is 0 Å². The molecule has 16 heavy (non-hydrogen) atoms. The van der Waals surface area contributed by atoms with Crippen LogP contribution in [0.3, 0.4) is 0 Å². The van der Waals surface area contributed by atoms with Crippen LogP contribution in [0.15, 0.2) is 23.4 Å². The van der Waals surface area contributed by atoms with Crippen molar-refractivity contribution in [2.45, 2.75) is 45.1 Å². The molecule has 0 spiro atoms. The van der Waals surface area contributed by atoms with E-state index >= 15 is 0 Å². The summed E-state index contributed by atoms with van der Waals surface area (Å²) in [4.78, 5) is 5.56. The molecule has 0 radical (unpaired) electrons. The van der Waals surface area contributed by atoms with Crippen molar-refractivity contribution in [3.05, 3.63) is 28.2 Å². The van der Waals surface area contributed by atoms with Crippen LogP contribution in [0.4, 0.5) is 0 Å². The summed E-state index contributed by atoms with van der Waals surface area (Å²) < 4.78 is 0. The van der Waals surface area contributed by atoms with E-state index in [4.69, 9.17) is 0 Å². The Labute approximate surface area is 102 Å². The third-order valence-electron chi connectivity index (χ3n) is 3.03. The molecule has 0 aliphatic heterocycles. The number of thiazole rings is 1. The number of nitrogens with one attached hydrogen (secondary N) is 1. The molecule has 1 aromatic heterocycles. The van der Waals surface area contributed by atoms with E-state index in [9.17, 15) is 0 Å². The second-order valence-corrected chi connectivity index (χ2v) is 5.23. The third-order valence-corrected chi connectivity index (χ3v) is 3.87. The Bertz CT molecular complexity index is 330. The number of rotatable bonds is 5. The molecule has 1 heterocycles. The summed E-state index contributed by atoms with van der Waals surface area (Å²) in [5.74, 6) is 0. The maximum atomic E-state index is 4.20. The molecule has 1 atom stereocenters. The minimum atomic E-state index is 0.424. The fourth-order valence-corrected chi connectivity index (χ4v) is 2.93. The average Bonchev–Trinajstić information content (AvgIpc) is 2.85. The van der Waals surface area contributed by atoms with Gasteiger partial charge >= 0.3 is 0 Å². The van der Waals surface area contributed by atoms with E-state index in [1.54, 1.807) is 16.9 Å². The molecular formula is C13H20N2S. The molecule has 3 heteroatoms. The molecule has 0 aromatic carbocycles. The maximum absolute atomic E-state index is 4.20. The van der Waals surface area contributed by atoms with Crippen LogP contribution >= 0.6 is 11.3 Å². The Balaban J connectivity index is 2.10. The van der Waals surface area contributed by atoms with Crippen LogP contribution in [0, 0.1) is 0 Å². The second-order valence-electron chi connectivity index (χ2n) is 4.32. The number of aromatic nitrogens is 1. The van der Waals surface area contributed by atoms with E-state index in [0.29, 0.717) is 6.04 Å². The Morgan fingerprint density at radius 3 is 3.06 bits per heavy atom. The topological polar surface area (TPSA) is 24.9 Å². The highest BCUT2D eigenvalue weighted by atomic mass is 32.1. The molecule has 1 N–H and O–H groups in total. The van der Waals surface area contributed by atoms with Crippen LogP contribution in [0.5, 0.6) is 0 Å². The summed E-state index contributed by atoms with van der Waals surface area (Å²) in [6, 6.07) is 0.424. The summed E-state index contributed by atoms with van der Waals surface area (Å²) in [6.07, 6.45) is 10.8. The number of hydrogen-bond acceptors (Lipinski definition) is 3. The Morgan fingerprint density at radius 1 is 1.50 bits per heavy atom. The first-order chi connectivity index (χ1) is 7.92. The largest absolute Gasteiger partial charge is 0.306 e. The molecule has 1 aliphatic carbocycles. The first-order valence-corrected chi connectivity index (χ1v) is 7.10. The van der Waals surface area contributed by atoms with Crippen LogP contribution in [0.1, 0.15) is 49.9 Å². The monoisotopic (exact) mass is 236 g/mol. The zero-order valence-electron chi connectivity index (χ0n) is 9.91. The van der Waals surface area contributed by atoms with Crippen LogP contribution in [-0.4, -0.2) is 11.5 Å². The van der Waals surface area contributed by atoms with Crippen molar-refractivity contribution in [3.8, 4) is 0 Å². The van der Waals surface area contributed by atoms with Gasteiger partial charge < -0.3 is 5.32 Å². The van der Waals surface area contributed by atoms with Crippen LogP contribution < -0.4 is 5.32 Å². The zero-order chi connectivity index (χ0) is 11.2. The van der Waals surface area contributed by atoms with Gasteiger partial charge in [0.05, 0.1) is 11.6 Å². The van der Waals surface area contributed by atoms with Crippen molar-refractivity contribution in [3.63, 3.8) is 0 Å².